The van der Waals surface area contributed by atoms with Gasteiger partial charge in [-0.1, -0.05) is 0 Å². The fraction of sp³-hybridized carbons (Fsp3) is 0. The van der Waals surface area contributed by atoms with E-state index in [1.54, 1.807) is 0 Å². The number of carbonyl (C=O) groups is 2. The van der Waals surface area contributed by atoms with Gasteiger partial charge in [-0.15, -0.1) is 0 Å². The summed E-state index contributed by atoms with van der Waals surface area (Å²) in [5, 5.41) is 17.9. The average Bonchev–Trinajstić information content (AvgIpc) is 1.59. The second-order valence-electron chi connectivity index (χ2n) is 1.09. The first kappa shape index (κ1) is 17.6. The molecule has 0 amide bonds. The van der Waals surface area contributed by atoms with Crippen molar-refractivity contribution in [2.75, 3.05) is 0 Å². The molecule has 0 bridgehead atoms. The van der Waals surface area contributed by atoms with Crippen LogP contribution in [0.2, 0.25) is 0 Å². The molecule has 8 nitrogen and oxygen atoms in total. The van der Waals surface area contributed by atoms with Crippen LogP contribution >= 0.6 is 7.82 Å². The quantitative estimate of drug-likeness (QED) is 0.218. The predicted octanol–water partition coefficient (Wildman–Crippen LogP) is -4.44. The first-order valence-corrected chi connectivity index (χ1v) is 3.41. The number of carboxylic acid groups (broad SMARTS) is 2. The van der Waals surface area contributed by atoms with Crippen LogP contribution in [0.25, 0.3) is 0 Å². The first-order chi connectivity index (χ1) is 4.64. The molecule has 0 aliphatic rings. The normalized spacial score (nSPS) is 8.58. The van der Waals surface area contributed by atoms with Crippen LogP contribution in [-0.2, 0) is 31.2 Å². The molecule has 0 unspecified atom stereocenters. The third kappa shape index (κ3) is 55.2. The molecule has 12 heavy (non-hydrogen) atoms. The molecule has 0 aromatic heterocycles. The van der Waals surface area contributed by atoms with Gasteiger partial charge in [0.15, 0.2) is 0 Å². The van der Waals surface area contributed by atoms with Gasteiger partial charge < -0.3 is 34.5 Å². The molecular formula is C2H3FeO8P. The van der Waals surface area contributed by atoms with E-state index in [0.717, 1.165) is 0 Å². The summed E-state index contributed by atoms with van der Waals surface area (Å²) in [6.45, 7) is 0. The Morgan fingerprint density at radius 2 is 1.08 bits per heavy atom. The molecule has 0 spiro atoms. The molecule has 0 rings (SSSR count). The van der Waals surface area contributed by atoms with Crippen LogP contribution in [-0.4, -0.2) is 26.6 Å². The van der Waals surface area contributed by atoms with Crippen molar-refractivity contribution in [1.82, 2.24) is 0 Å². The van der Waals surface area contributed by atoms with Crippen molar-refractivity contribution in [1.29, 1.82) is 0 Å². The zero-order valence-electron chi connectivity index (χ0n) is 5.18. The van der Waals surface area contributed by atoms with E-state index in [-0.39, 0.29) is 17.1 Å². The second-order valence-corrected chi connectivity index (χ2v) is 2.11. The molecule has 0 fully saturated rings. The number of hydrogen-bond donors (Lipinski definition) is 3. The Morgan fingerprint density at radius 3 is 1.08 bits per heavy atom. The van der Waals surface area contributed by atoms with Gasteiger partial charge in [0.05, 0.1) is 11.9 Å². The molecule has 0 aromatic carbocycles. The Bertz CT molecular complexity index is 173. The van der Waals surface area contributed by atoms with Crippen molar-refractivity contribution < 1.29 is 56.1 Å². The number of carboxylic acids is 2. The van der Waals surface area contributed by atoms with E-state index in [2.05, 4.69) is 0 Å². The van der Waals surface area contributed by atoms with Crippen LogP contribution in [0.15, 0.2) is 0 Å². The fourth-order valence-electron chi connectivity index (χ4n) is 0. The molecule has 3 N–H and O–H groups in total. The summed E-state index contributed by atoms with van der Waals surface area (Å²) in [7, 11) is -4.64. The predicted molar refractivity (Wildman–Crippen MR) is 24.3 cm³/mol. The molecule has 0 aliphatic carbocycles. The van der Waals surface area contributed by atoms with Crippen molar-refractivity contribution in [3.8, 4) is 0 Å². The SMILES string of the molecule is O=C([O-])C(=O)[O-].O=P(O)(O)O.[Fe+2]. The number of carbonyl (C=O) groups excluding carboxylic acids is 2. The number of rotatable bonds is 0. The maximum atomic E-state index is 8.93. The standard InChI is InChI=1S/C2H2O4.Fe.H3O4P/c3-1(4)2(5)6;;1-5(2,3)4/h(H,3,4)(H,5,6);;(H3,1,2,3,4)/q;+2;/p-2. The van der Waals surface area contributed by atoms with E-state index >= 15 is 0 Å². The third-order valence-corrected chi connectivity index (χ3v) is 0.167. The summed E-state index contributed by atoms with van der Waals surface area (Å²) in [4.78, 5) is 39.4. The van der Waals surface area contributed by atoms with Crippen LogP contribution in [0, 0.1) is 0 Å². The first-order valence-electron chi connectivity index (χ1n) is 1.85. The minimum absolute atomic E-state index is 0. The monoisotopic (exact) mass is 242 g/mol. The molecule has 0 aliphatic heterocycles. The molecule has 0 saturated heterocycles. The third-order valence-electron chi connectivity index (χ3n) is 0.167. The largest absolute Gasteiger partial charge is 2.00 e. The van der Waals surface area contributed by atoms with Gasteiger partial charge in [0, 0.05) is 0 Å². The van der Waals surface area contributed by atoms with Crippen molar-refractivity contribution in [2.45, 2.75) is 0 Å². The molecule has 0 aromatic rings. The summed E-state index contributed by atoms with van der Waals surface area (Å²) in [5.41, 5.74) is 0. The van der Waals surface area contributed by atoms with Gasteiger partial charge in [-0.2, -0.15) is 0 Å². The molecule has 0 radical (unpaired) electrons. The van der Waals surface area contributed by atoms with Crippen molar-refractivity contribution in [3.63, 3.8) is 0 Å². The Balaban J connectivity index is -0.000000126. The topological polar surface area (TPSA) is 158 Å². The summed E-state index contributed by atoms with van der Waals surface area (Å²) >= 11 is 0. The number of phosphoric acid groups is 1. The van der Waals surface area contributed by atoms with Crippen LogP contribution < -0.4 is 10.2 Å². The molecule has 0 saturated carbocycles. The minimum atomic E-state index is -4.64. The Kier molecular flexibility index (Phi) is 10.6. The van der Waals surface area contributed by atoms with Crippen LogP contribution in [0.1, 0.15) is 0 Å². The smallest absolute Gasteiger partial charge is 0.543 e. The van der Waals surface area contributed by atoms with Gasteiger partial charge in [-0.05, 0) is 0 Å². The molecule has 0 heterocycles. The van der Waals surface area contributed by atoms with Gasteiger partial charge in [0.1, 0.15) is 0 Å². The van der Waals surface area contributed by atoms with Crippen molar-refractivity contribution in [3.05, 3.63) is 0 Å². The number of aliphatic carboxylic acids is 2. The van der Waals surface area contributed by atoms with E-state index in [1.165, 1.54) is 0 Å². The molecule has 10 heteroatoms. The van der Waals surface area contributed by atoms with E-state index in [0.29, 0.717) is 0 Å². The maximum absolute atomic E-state index is 8.93. The van der Waals surface area contributed by atoms with E-state index < -0.39 is 19.8 Å². The average molecular weight is 242 g/mol. The Hall–Kier alpha value is -0.431. The Morgan fingerprint density at radius 1 is 1.00 bits per heavy atom. The zero-order chi connectivity index (χ0) is 9.65. The molecular weight excluding hydrogens is 239 g/mol. The fourth-order valence-corrected chi connectivity index (χ4v) is 0. The van der Waals surface area contributed by atoms with Crippen LogP contribution in [0.5, 0.6) is 0 Å². The molecule has 0 atom stereocenters. The van der Waals surface area contributed by atoms with Gasteiger partial charge in [-0.25, -0.2) is 4.57 Å². The summed E-state index contributed by atoms with van der Waals surface area (Å²) < 4.78 is 8.88. The van der Waals surface area contributed by atoms with Gasteiger partial charge in [0.2, 0.25) is 0 Å². The van der Waals surface area contributed by atoms with Crippen molar-refractivity contribution in [2.24, 2.45) is 0 Å². The maximum Gasteiger partial charge on any atom is 2.00 e. The van der Waals surface area contributed by atoms with Gasteiger partial charge in [0.25, 0.3) is 0 Å². The van der Waals surface area contributed by atoms with Gasteiger partial charge >= 0.3 is 24.9 Å². The Labute approximate surface area is 76.5 Å². The van der Waals surface area contributed by atoms with E-state index in [4.69, 9.17) is 39.0 Å². The van der Waals surface area contributed by atoms with Crippen molar-refractivity contribution >= 4 is 19.8 Å². The minimum Gasteiger partial charge on any atom is -0.543 e. The molecule has 72 valence electrons. The van der Waals surface area contributed by atoms with E-state index in [9.17, 15) is 0 Å². The van der Waals surface area contributed by atoms with Crippen LogP contribution in [0.4, 0.5) is 0 Å². The summed E-state index contributed by atoms with van der Waals surface area (Å²) in [6, 6.07) is 0. The summed E-state index contributed by atoms with van der Waals surface area (Å²) in [5.74, 6) is -4.37. The van der Waals surface area contributed by atoms with E-state index in [1.807, 2.05) is 0 Å². The van der Waals surface area contributed by atoms with Crippen LogP contribution in [0.3, 0.4) is 0 Å². The van der Waals surface area contributed by atoms with Gasteiger partial charge in [-0.3, -0.25) is 0 Å². The number of hydrogen-bond acceptors (Lipinski definition) is 5. The second kappa shape index (κ2) is 7.23. The summed E-state index contributed by atoms with van der Waals surface area (Å²) in [6.07, 6.45) is 0. The zero-order valence-corrected chi connectivity index (χ0v) is 7.18.